The van der Waals surface area contributed by atoms with Crippen molar-refractivity contribution in [2.75, 3.05) is 24.6 Å². The number of nitrogens with zero attached hydrogens (tertiary/aromatic N) is 1. The van der Waals surface area contributed by atoms with Crippen molar-refractivity contribution in [1.29, 1.82) is 0 Å². The summed E-state index contributed by atoms with van der Waals surface area (Å²) >= 11 is 0. The molecule has 0 saturated carbocycles. The maximum absolute atomic E-state index is 12.0. The first-order valence-corrected chi connectivity index (χ1v) is 8.83. The molecule has 2 rings (SSSR count). The maximum Gasteiger partial charge on any atom is 0.162 e. The highest BCUT2D eigenvalue weighted by atomic mass is 32.2. The average Bonchev–Trinajstić information content (AvgIpc) is 2.41. The second-order valence-corrected chi connectivity index (χ2v) is 7.62. The minimum Gasteiger partial charge on any atom is -0.299 e. The van der Waals surface area contributed by atoms with Crippen LogP contribution in [0.1, 0.15) is 30.1 Å². The molecule has 0 amide bonds. The van der Waals surface area contributed by atoms with Crippen LogP contribution >= 0.6 is 0 Å². The monoisotopic (exact) mass is 295 g/mol. The summed E-state index contributed by atoms with van der Waals surface area (Å²) in [7, 11) is -2.86. The van der Waals surface area contributed by atoms with Gasteiger partial charge in [0, 0.05) is 24.6 Å². The van der Waals surface area contributed by atoms with Gasteiger partial charge in [-0.1, -0.05) is 30.3 Å². The molecule has 1 aromatic rings. The summed E-state index contributed by atoms with van der Waals surface area (Å²) in [5, 5.41) is 0. The van der Waals surface area contributed by atoms with E-state index >= 15 is 0 Å². The number of carbonyl (C=O) groups excluding carboxylic acids is 1. The molecule has 1 unspecified atom stereocenters. The van der Waals surface area contributed by atoms with E-state index in [1.807, 2.05) is 37.3 Å². The number of rotatable bonds is 5. The van der Waals surface area contributed by atoms with Crippen LogP contribution in [-0.2, 0) is 9.84 Å². The van der Waals surface area contributed by atoms with Crippen LogP contribution in [0.4, 0.5) is 0 Å². The Labute approximate surface area is 120 Å². The predicted octanol–water partition coefficient (Wildman–Crippen LogP) is 1.77. The molecule has 0 N–H and O–H groups in total. The third kappa shape index (κ3) is 4.15. The number of hydrogen-bond donors (Lipinski definition) is 0. The molecule has 0 spiro atoms. The minimum absolute atomic E-state index is 0.0561. The Morgan fingerprint density at radius 3 is 2.65 bits per heavy atom. The second kappa shape index (κ2) is 6.50. The van der Waals surface area contributed by atoms with E-state index in [1.165, 1.54) is 0 Å². The number of hydrogen-bond acceptors (Lipinski definition) is 4. The van der Waals surface area contributed by atoms with Gasteiger partial charge in [-0.3, -0.25) is 9.69 Å². The summed E-state index contributed by atoms with van der Waals surface area (Å²) in [6.07, 6.45) is 1.29. The quantitative estimate of drug-likeness (QED) is 0.777. The molecule has 4 nitrogen and oxygen atoms in total. The highest BCUT2D eigenvalue weighted by molar-refractivity contribution is 7.91. The Balaban J connectivity index is 1.78. The Bertz CT molecular complexity index is 554. The third-order valence-corrected chi connectivity index (χ3v) is 5.55. The van der Waals surface area contributed by atoms with Gasteiger partial charge in [-0.05, 0) is 19.9 Å². The summed E-state index contributed by atoms with van der Waals surface area (Å²) < 4.78 is 23.0. The molecule has 1 atom stereocenters. The smallest absolute Gasteiger partial charge is 0.162 e. The van der Waals surface area contributed by atoms with Gasteiger partial charge in [-0.25, -0.2) is 8.42 Å². The molecule has 5 heteroatoms. The zero-order valence-corrected chi connectivity index (χ0v) is 12.6. The predicted molar refractivity (Wildman–Crippen MR) is 79.7 cm³/mol. The van der Waals surface area contributed by atoms with Gasteiger partial charge in [0.25, 0.3) is 0 Å². The summed E-state index contributed by atoms with van der Waals surface area (Å²) in [6, 6.07) is 9.35. The van der Waals surface area contributed by atoms with Gasteiger partial charge in [-0.15, -0.1) is 0 Å². The molecule has 1 aliphatic heterocycles. The first kappa shape index (κ1) is 15.2. The molecular weight excluding hydrogens is 274 g/mol. The molecule has 110 valence electrons. The van der Waals surface area contributed by atoms with Crippen LogP contribution < -0.4 is 0 Å². The number of Topliss-reactive ketones (excluding diaryl/α,β-unsaturated/α-hetero) is 1. The lowest BCUT2D eigenvalue weighted by Gasteiger charge is -2.32. The van der Waals surface area contributed by atoms with Crippen molar-refractivity contribution >= 4 is 15.6 Å². The Morgan fingerprint density at radius 2 is 2.00 bits per heavy atom. The van der Waals surface area contributed by atoms with E-state index < -0.39 is 9.84 Å². The van der Waals surface area contributed by atoms with Crippen LogP contribution in [0.25, 0.3) is 0 Å². The molecule has 1 heterocycles. The molecular formula is C15H21NO3S. The summed E-state index contributed by atoms with van der Waals surface area (Å²) in [6.45, 7) is 3.31. The topological polar surface area (TPSA) is 54.5 Å². The van der Waals surface area contributed by atoms with Crippen molar-refractivity contribution in [2.24, 2.45) is 0 Å². The van der Waals surface area contributed by atoms with Crippen molar-refractivity contribution in [3.63, 3.8) is 0 Å². The number of benzene rings is 1. The standard InChI is InChI=1S/C15H21NO3S/c1-13-12-20(18,19)11-10-16(13)9-5-8-15(17)14-6-3-2-4-7-14/h2-4,6-7,13H,5,8-12H2,1H3. The highest BCUT2D eigenvalue weighted by Gasteiger charge is 2.27. The number of ketones is 1. The Kier molecular flexibility index (Phi) is 4.94. The molecule has 1 saturated heterocycles. The van der Waals surface area contributed by atoms with Gasteiger partial charge in [0.1, 0.15) is 0 Å². The summed E-state index contributed by atoms with van der Waals surface area (Å²) in [5.41, 5.74) is 0.752. The van der Waals surface area contributed by atoms with Crippen molar-refractivity contribution < 1.29 is 13.2 Å². The summed E-state index contributed by atoms with van der Waals surface area (Å²) in [5.74, 6) is 0.631. The lowest BCUT2D eigenvalue weighted by molar-refractivity contribution is 0.0972. The van der Waals surface area contributed by atoms with E-state index in [9.17, 15) is 13.2 Å². The molecule has 0 radical (unpaired) electrons. The van der Waals surface area contributed by atoms with Gasteiger partial charge in [0.15, 0.2) is 15.6 Å². The molecule has 1 fully saturated rings. The van der Waals surface area contributed by atoms with E-state index in [0.717, 1.165) is 18.5 Å². The van der Waals surface area contributed by atoms with Crippen LogP contribution in [-0.4, -0.2) is 49.7 Å². The van der Waals surface area contributed by atoms with Crippen LogP contribution in [0.2, 0.25) is 0 Å². The van der Waals surface area contributed by atoms with Gasteiger partial charge in [0.2, 0.25) is 0 Å². The van der Waals surface area contributed by atoms with Gasteiger partial charge >= 0.3 is 0 Å². The molecule has 1 aromatic carbocycles. The number of carbonyl (C=O) groups is 1. The normalized spacial score (nSPS) is 22.6. The highest BCUT2D eigenvalue weighted by Crippen LogP contribution is 2.13. The molecule has 0 bridgehead atoms. The van der Waals surface area contributed by atoms with Crippen LogP contribution in [0.5, 0.6) is 0 Å². The summed E-state index contributed by atoms with van der Waals surface area (Å²) in [4.78, 5) is 14.1. The van der Waals surface area contributed by atoms with Crippen LogP contribution in [0, 0.1) is 0 Å². The van der Waals surface area contributed by atoms with E-state index in [0.29, 0.717) is 13.0 Å². The van der Waals surface area contributed by atoms with Crippen molar-refractivity contribution in [1.82, 2.24) is 4.90 Å². The lowest BCUT2D eigenvalue weighted by Crippen LogP contribution is -2.47. The molecule has 1 aliphatic rings. The number of sulfone groups is 1. The zero-order chi connectivity index (χ0) is 14.6. The first-order chi connectivity index (χ1) is 9.48. The zero-order valence-electron chi connectivity index (χ0n) is 11.8. The minimum atomic E-state index is -2.86. The third-order valence-electron chi connectivity index (χ3n) is 3.75. The van der Waals surface area contributed by atoms with Crippen molar-refractivity contribution in [3.05, 3.63) is 35.9 Å². The van der Waals surface area contributed by atoms with Gasteiger partial charge in [0.05, 0.1) is 11.5 Å². The largest absolute Gasteiger partial charge is 0.299 e. The van der Waals surface area contributed by atoms with E-state index in [1.54, 1.807) is 0 Å². The van der Waals surface area contributed by atoms with E-state index in [4.69, 9.17) is 0 Å². The van der Waals surface area contributed by atoms with Crippen molar-refractivity contribution in [2.45, 2.75) is 25.8 Å². The molecule has 0 aromatic heterocycles. The fourth-order valence-corrected chi connectivity index (χ4v) is 4.20. The fourth-order valence-electron chi connectivity index (χ4n) is 2.58. The van der Waals surface area contributed by atoms with E-state index in [2.05, 4.69) is 4.90 Å². The Hall–Kier alpha value is -1.20. The average molecular weight is 295 g/mol. The SMILES string of the molecule is CC1CS(=O)(=O)CCN1CCCC(=O)c1ccccc1. The first-order valence-electron chi connectivity index (χ1n) is 7.01. The van der Waals surface area contributed by atoms with Gasteiger partial charge < -0.3 is 0 Å². The van der Waals surface area contributed by atoms with Crippen molar-refractivity contribution in [3.8, 4) is 0 Å². The van der Waals surface area contributed by atoms with Gasteiger partial charge in [-0.2, -0.15) is 0 Å². The Morgan fingerprint density at radius 1 is 1.30 bits per heavy atom. The molecule has 20 heavy (non-hydrogen) atoms. The van der Waals surface area contributed by atoms with Crippen LogP contribution in [0.15, 0.2) is 30.3 Å². The maximum atomic E-state index is 12.0. The lowest BCUT2D eigenvalue weighted by atomic mass is 10.1. The fraction of sp³-hybridized carbons (Fsp3) is 0.533. The molecule has 0 aliphatic carbocycles. The van der Waals surface area contributed by atoms with E-state index in [-0.39, 0.29) is 23.3 Å². The second-order valence-electron chi connectivity index (χ2n) is 5.39. The van der Waals surface area contributed by atoms with Crippen LogP contribution in [0.3, 0.4) is 0 Å².